The molecule has 1 aliphatic heterocycles. The Morgan fingerprint density at radius 2 is 1.92 bits per heavy atom. The van der Waals surface area contributed by atoms with Crippen molar-refractivity contribution in [2.75, 3.05) is 16.8 Å². The van der Waals surface area contributed by atoms with E-state index in [1.54, 1.807) is 4.90 Å². The van der Waals surface area contributed by atoms with E-state index in [0.717, 1.165) is 11.3 Å². The Morgan fingerprint density at radius 1 is 1.20 bits per heavy atom. The minimum atomic E-state index is -0.348. The number of benzene rings is 1. The maximum Gasteiger partial charge on any atom is 0.415 e. The van der Waals surface area contributed by atoms with Crippen LogP contribution in [-0.4, -0.2) is 28.7 Å². The van der Waals surface area contributed by atoms with Gasteiger partial charge in [-0.25, -0.2) is 9.78 Å². The van der Waals surface area contributed by atoms with E-state index in [1.165, 1.54) is 0 Å². The van der Waals surface area contributed by atoms with Gasteiger partial charge >= 0.3 is 6.09 Å². The van der Waals surface area contributed by atoms with Crippen molar-refractivity contribution in [1.82, 2.24) is 9.97 Å². The van der Waals surface area contributed by atoms with Gasteiger partial charge in [0.05, 0.1) is 12.1 Å². The van der Waals surface area contributed by atoms with E-state index in [4.69, 9.17) is 4.74 Å². The van der Waals surface area contributed by atoms with E-state index < -0.39 is 0 Å². The molecule has 1 saturated heterocycles. The molecule has 2 heterocycles. The highest BCUT2D eigenvalue weighted by atomic mass is 16.6. The van der Waals surface area contributed by atoms with E-state index in [0.29, 0.717) is 18.4 Å². The monoisotopic (exact) mass is 340 g/mol. The number of cyclic esters (lactones) is 1. The van der Waals surface area contributed by atoms with Crippen molar-refractivity contribution in [2.45, 2.75) is 39.8 Å². The first-order valence-electron chi connectivity index (χ1n) is 8.59. The third-order valence-corrected chi connectivity index (χ3v) is 4.41. The zero-order chi connectivity index (χ0) is 18.0. The second kappa shape index (κ2) is 7.09. The van der Waals surface area contributed by atoms with E-state index in [9.17, 15) is 4.79 Å². The summed E-state index contributed by atoms with van der Waals surface area (Å²) in [5, 5.41) is 3.32. The van der Waals surface area contributed by atoms with E-state index in [2.05, 4.69) is 48.2 Å². The molecule has 6 heteroatoms. The van der Waals surface area contributed by atoms with Crippen molar-refractivity contribution in [2.24, 2.45) is 5.92 Å². The maximum atomic E-state index is 12.2. The number of hydrogen-bond donors (Lipinski definition) is 1. The third-order valence-electron chi connectivity index (χ3n) is 4.41. The van der Waals surface area contributed by atoms with Gasteiger partial charge in [-0.3, -0.25) is 4.90 Å². The number of anilines is 2. The second-order valence-corrected chi connectivity index (χ2v) is 6.73. The van der Waals surface area contributed by atoms with Crippen LogP contribution in [0.5, 0.6) is 0 Å². The molecule has 1 fully saturated rings. The van der Waals surface area contributed by atoms with Gasteiger partial charge in [0.2, 0.25) is 5.95 Å². The van der Waals surface area contributed by atoms with Crippen LogP contribution >= 0.6 is 0 Å². The highest BCUT2D eigenvalue weighted by molar-refractivity contribution is 5.89. The summed E-state index contributed by atoms with van der Waals surface area (Å²) in [6, 6.07) is 12.0. The number of hydrogen-bond acceptors (Lipinski definition) is 5. The number of rotatable bonds is 5. The van der Waals surface area contributed by atoms with Gasteiger partial charge in [-0.15, -0.1) is 0 Å². The molecule has 2 atom stereocenters. The molecule has 1 amide bonds. The molecule has 1 aromatic heterocycles. The lowest BCUT2D eigenvalue weighted by Gasteiger charge is -2.24. The fourth-order valence-electron chi connectivity index (χ4n) is 2.95. The molecular weight excluding hydrogens is 316 g/mol. The van der Waals surface area contributed by atoms with Crippen LogP contribution in [0.3, 0.4) is 0 Å². The molecule has 1 aliphatic rings. The summed E-state index contributed by atoms with van der Waals surface area (Å²) in [7, 11) is 0. The standard InChI is InChI=1S/C19H24N4O2/c1-12(2)16-11-25-19(24)23(16)17-10-13(3)20-18(22-17)21-14(4)15-8-6-5-7-9-15/h5-10,12,14,16H,11H2,1-4H3,(H,20,21,22)/t14-,16+/m0/s1. The van der Waals surface area contributed by atoms with Crippen LogP contribution in [0, 0.1) is 12.8 Å². The molecule has 1 aromatic carbocycles. The van der Waals surface area contributed by atoms with Gasteiger partial charge in [-0.05, 0) is 25.3 Å². The molecule has 0 aliphatic carbocycles. The van der Waals surface area contributed by atoms with Crippen molar-refractivity contribution < 1.29 is 9.53 Å². The second-order valence-electron chi connectivity index (χ2n) is 6.73. The fourth-order valence-corrected chi connectivity index (χ4v) is 2.95. The number of nitrogens with one attached hydrogen (secondary N) is 1. The number of nitrogens with zero attached hydrogens (tertiary/aromatic N) is 3. The number of carbonyl (C=O) groups is 1. The minimum absolute atomic E-state index is 0.0128. The van der Waals surface area contributed by atoms with Crippen molar-refractivity contribution in [3.8, 4) is 0 Å². The van der Waals surface area contributed by atoms with Crippen LogP contribution < -0.4 is 10.2 Å². The minimum Gasteiger partial charge on any atom is -0.447 e. The zero-order valence-corrected chi connectivity index (χ0v) is 15.1. The molecule has 25 heavy (non-hydrogen) atoms. The lowest BCUT2D eigenvalue weighted by molar-refractivity contribution is 0.177. The number of aryl methyl sites for hydroxylation is 1. The molecule has 0 spiro atoms. The highest BCUT2D eigenvalue weighted by Gasteiger charge is 2.37. The summed E-state index contributed by atoms with van der Waals surface area (Å²) in [5.74, 6) is 1.37. The molecule has 1 N–H and O–H groups in total. The average molecular weight is 340 g/mol. The van der Waals surface area contributed by atoms with Crippen molar-refractivity contribution in [3.63, 3.8) is 0 Å². The Bertz CT molecular complexity index is 748. The van der Waals surface area contributed by atoms with Crippen LogP contribution in [0.2, 0.25) is 0 Å². The molecule has 0 unspecified atom stereocenters. The van der Waals surface area contributed by atoms with Gasteiger partial charge in [0.1, 0.15) is 12.4 Å². The summed E-state index contributed by atoms with van der Waals surface area (Å²) >= 11 is 0. The Balaban J connectivity index is 1.87. The molecule has 3 rings (SSSR count). The molecule has 0 radical (unpaired) electrons. The number of amides is 1. The summed E-state index contributed by atoms with van der Waals surface area (Å²) in [6.07, 6.45) is -0.348. The quantitative estimate of drug-likeness (QED) is 0.893. The van der Waals surface area contributed by atoms with Gasteiger partial charge in [0, 0.05) is 11.8 Å². The summed E-state index contributed by atoms with van der Waals surface area (Å²) in [4.78, 5) is 22.8. The van der Waals surface area contributed by atoms with E-state index >= 15 is 0 Å². The number of ether oxygens (including phenoxy) is 1. The van der Waals surface area contributed by atoms with Crippen LogP contribution in [0.1, 0.15) is 38.1 Å². The fraction of sp³-hybridized carbons (Fsp3) is 0.421. The predicted molar refractivity (Wildman–Crippen MR) is 97.7 cm³/mol. The van der Waals surface area contributed by atoms with Crippen LogP contribution in [0.25, 0.3) is 0 Å². The molecule has 0 saturated carbocycles. The maximum absolute atomic E-state index is 12.2. The third kappa shape index (κ3) is 3.73. The first-order valence-corrected chi connectivity index (χ1v) is 8.59. The lowest BCUT2D eigenvalue weighted by Crippen LogP contribution is -2.38. The van der Waals surface area contributed by atoms with Gasteiger partial charge in [-0.2, -0.15) is 4.98 Å². The predicted octanol–water partition coefficient (Wildman–Crippen LogP) is 3.94. The molecular formula is C19H24N4O2. The molecule has 0 bridgehead atoms. The largest absolute Gasteiger partial charge is 0.447 e. The Hall–Kier alpha value is -2.63. The lowest BCUT2D eigenvalue weighted by atomic mass is 10.0. The van der Waals surface area contributed by atoms with Gasteiger partial charge in [0.25, 0.3) is 0 Å². The van der Waals surface area contributed by atoms with Crippen molar-refractivity contribution >= 4 is 17.9 Å². The summed E-state index contributed by atoms with van der Waals surface area (Å²) < 4.78 is 5.23. The first kappa shape index (κ1) is 17.2. The van der Waals surface area contributed by atoms with Crippen LogP contribution in [-0.2, 0) is 4.74 Å². The van der Waals surface area contributed by atoms with Gasteiger partial charge < -0.3 is 10.1 Å². The van der Waals surface area contributed by atoms with Crippen molar-refractivity contribution in [3.05, 3.63) is 47.7 Å². The summed E-state index contributed by atoms with van der Waals surface area (Å²) in [5.41, 5.74) is 1.95. The smallest absolute Gasteiger partial charge is 0.415 e. The Morgan fingerprint density at radius 3 is 2.60 bits per heavy atom. The first-order chi connectivity index (χ1) is 12.0. The van der Waals surface area contributed by atoms with Crippen LogP contribution in [0.4, 0.5) is 16.6 Å². The van der Waals surface area contributed by atoms with Crippen LogP contribution in [0.15, 0.2) is 36.4 Å². The topological polar surface area (TPSA) is 67.4 Å². The Kier molecular flexibility index (Phi) is 4.88. The molecule has 132 valence electrons. The number of carbonyl (C=O) groups excluding carboxylic acids is 1. The van der Waals surface area contributed by atoms with E-state index in [1.807, 2.05) is 31.2 Å². The number of aromatic nitrogens is 2. The Labute approximate surface area is 148 Å². The normalized spacial score (nSPS) is 18.4. The van der Waals surface area contributed by atoms with Crippen molar-refractivity contribution in [1.29, 1.82) is 0 Å². The SMILES string of the molecule is Cc1cc(N2C(=O)OC[C@@H]2C(C)C)nc(N[C@@H](C)c2ccccc2)n1. The molecule has 2 aromatic rings. The van der Waals surface area contributed by atoms with Gasteiger partial charge in [0.15, 0.2) is 0 Å². The molecule has 6 nitrogen and oxygen atoms in total. The highest BCUT2D eigenvalue weighted by Crippen LogP contribution is 2.27. The zero-order valence-electron chi connectivity index (χ0n) is 15.1. The summed E-state index contributed by atoms with van der Waals surface area (Å²) in [6.45, 7) is 8.49. The average Bonchev–Trinajstić information content (AvgIpc) is 2.97. The van der Waals surface area contributed by atoms with Gasteiger partial charge in [-0.1, -0.05) is 44.2 Å². The van der Waals surface area contributed by atoms with E-state index in [-0.39, 0.29) is 24.1 Å².